The molecule has 4 rings (SSSR count). The van der Waals surface area contributed by atoms with Gasteiger partial charge in [-0.05, 0) is 18.4 Å². The first-order valence-electron chi connectivity index (χ1n) is 9.39. The van der Waals surface area contributed by atoms with Crippen LogP contribution in [0.1, 0.15) is 35.7 Å². The Morgan fingerprint density at radius 1 is 1.19 bits per heavy atom. The van der Waals surface area contributed by atoms with Crippen molar-refractivity contribution in [2.45, 2.75) is 45.2 Å². The van der Waals surface area contributed by atoms with Crippen molar-refractivity contribution in [1.82, 2.24) is 24.6 Å². The third kappa shape index (κ3) is 4.42. The minimum Gasteiger partial charge on any atom is -0.445 e. The van der Waals surface area contributed by atoms with Crippen LogP contribution >= 0.6 is 0 Å². The zero-order chi connectivity index (χ0) is 18.5. The van der Waals surface area contributed by atoms with Crippen LogP contribution in [-0.4, -0.2) is 37.1 Å². The SMILES string of the molecule is O=C(CCCn1cncn1)N1CCc2oc(CCc3ccccc3)nc2C1. The van der Waals surface area contributed by atoms with Crippen molar-refractivity contribution in [3.8, 4) is 0 Å². The lowest BCUT2D eigenvalue weighted by Crippen LogP contribution is -2.35. The Labute approximate surface area is 158 Å². The Morgan fingerprint density at radius 2 is 2.07 bits per heavy atom. The summed E-state index contributed by atoms with van der Waals surface area (Å²) in [6, 6.07) is 10.3. The van der Waals surface area contributed by atoms with Gasteiger partial charge in [-0.2, -0.15) is 5.10 Å². The number of aryl methyl sites for hydroxylation is 3. The molecule has 0 radical (unpaired) electrons. The van der Waals surface area contributed by atoms with Crippen molar-refractivity contribution in [3.63, 3.8) is 0 Å². The summed E-state index contributed by atoms with van der Waals surface area (Å²) in [6.07, 6.45) is 6.87. The number of carbonyl (C=O) groups is 1. The molecule has 0 aliphatic carbocycles. The van der Waals surface area contributed by atoms with Gasteiger partial charge in [0, 0.05) is 32.4 Å². The van der Waals surface area contributed by atoms with Crippen LogP contribution in [-0.2, 0) is 37.1 Å². The fourth-order valence-corrected chi connectivity index (χ4v) is 3.37. The molecule has 0 atom stereocenters. The van der Waals surface area contributed by atoms with Gasteiger partial charge in [-0.1, -0.05) is 30.3 Å². The highest BCUT2D eigenvalue weighted by molar-refractivity contribution is 5.76. The van der Waals surface area contributed by atoms with Crippen LogP contribution in [0.2, 0.25) is 0 Å². The highest BCUT2D eigenvalue weighted by Gasteiger charge is 2.25. The first-order chi connectivity index (χ1) is 13.3. The van der Waals surface area contributed by atoms with Gasteiger partial charge in [0.05, 0.1) is 6.54 Å². The van der Waals surface area contributed by atoms with Gasteiger partial charge in [-0.3, -0.25) is 9.48 Å². The molecule has 0 fully saturated rings. The second kappa shape index (κ2) is 8.16. The first-order valence-corrected chi connectivity index (χ1v) is 9.39. The van der Waals surface area contributed by atoms with Gasteiger partial charge >= 0.3 is 0 Å². The molecule has 2 aromatic heterocycles. The molecule has 140 valence electrons. The summed E-state index contributed by atoms with van der Waals surface area (Å²) < 4.78 is 7.67. The molecule has 0 saturated carbocycles. The van der Waals surface area contributed by atoms with E-state index in [9.17, 15) is 4.79 Å². The summed E-state index contributed by atoms with van der Waals surface area (Å²) in [6.45, 7) is 1.95. The van der Waals surface area contributed by atoms with E-state index in [4.69, 9.17) is 4.42 Å². The van der Waals surface area contributed by atoms with Crippen molar-refractivity contribution in [1.29, 1.82) is 0 Å². The van der Waals surface area contributed by atoms with E-state index in [2.05, 4.69) is 27.2 Å². The van der Waals surface area contributed by atoms with Gasteiger partial charge in [0.25, 0.3) is 0 Å². The molecule has 0 N–H and O–H groups in total. The normalized spacial score (nSPS) is 13.6. The average molecular weight is 365 g/mol. The lowest BCUT2D eigenvalue weighted by atomic mass is 10.1. The number of carbonyl (C=O) groups excluding carboxylic acids is 1. The molecule has 3 heterocycles. The van der Waals surface area contributed by atoms with Gasteiger partial charge in [0.15, 0.2) is 5.89 Å². The van der Waals surface area contributed by atoms with Crippen LogP contribution < -0.4 is 0 Å². The molecule has 7 heteroatoms. The summed E-state index contributed by atoms with van der Waals surface area (Å²) in [5, 5.41) is 4.06. The van der Waals surface area contributed by atoms with Gasteiger partial charge in [-0.15, -0.1) is 0 Å². The second-order valence-electron chi connectivity index (χ2n) is 6.79. The molecule has 1 aliphatic heterocycles. The average Bonchev–Trinajstić information content (AvgIpc) is 3.36. The van der Waals surface area contributed by atoms with Gasteiger partial charge in [-0.25, -0.2) is 9.97 Å². The van der Waals surface area contributed by atoms with Crippen molar-refractivity contribution < 1.29 is 9.21 Å². The lowest BCUT2D eigenvalue weighted by molar-refractivity contribution is -0.132. The quantitative estimate of drug-likeness (QED) is 0.643. The fraction of sp³-hybridized carbons (Fsp3) is 0.400. The summed E-state index contributed by atoms with van der Waals surface area (Å²) >= 11 is 0. The number of hydrogen-bond acceptors (Lipinski definition) is 5. The van der Waals surface area contributed by atoms with Crippen molar-refractivity contribution in [2.24, 2.45) is 0 Å². The van der Waals surface area contributed by atoms with E-state index in [0.29, 0.717) is 26.1 Å². The maximum atomic E-state index is 12.5. The third-order valence-electron chi connectivity index (χ3n) is 4.84. The number of benzene rings is 1. The van der Waals surface area contributed by atoms with E-state index in [1.165, 1.54) is 11.9 Å². The van der Waals surface area contributed by atoms with Gasteiger partial charge < -0.3 is 9.32 Å². The molecule has 1 amide bonds. The van der Waals surface area contributed by atoms with Crippen LogP contribution in [0.3, 0.4) is 0 Å². The molecule has 0 saturated heterocycles. The summed E-state index contributed by atoms with van der Waals surface area (Å²) in [5.41, 5.74) is 2.19. The summed E-state index contributed by atoms with van der Waals surface area (Å²) in [5.74, 6) is 1.86. The Kier molecular flexibility index (Phi) is 5.27. The van der Waals surface area contributed by atoms with E-state index in [-0.39, 0.29) is 5.91 Å². The van der Waals surface area contributed by atoms with E-state index in [1.807, 2.05) is 23.1 Å². The molecule has 7 nitrogen and oxygen atoms in total. The van der Waals surface area contributed by atoms with Crippen LogP contribution in [0, 0.1) is 0 Å². The Hall–Kier alpha value is -2.96. The Bertz CT molecular complexity index is 873. The molecular weight excluding hydrogens is 342 g/mol. The second-order valence-corrected chi connectivity index (χ2v) is 6.79. The fourth-order valence-electron chi connectivity index (χ4n) is 3.37. The number of amides is 1. The molecule has 3 aromatic rings. The maximum absolute atomic E-state index is 12.5. The van der Waals surface area contributed by atoms with E-state index in [1.54, 1.807) is 11.0 Å². The maximum Gasteiger partial charge on any atom is 0.223 e. The monoisotopic (exact) mass is 365 g/mol. The summed E-state index contributed by atoms with van der Waals surface area (Å²) in [7, 11) is 0. The first kappa shape index (κ1) is 17.5. The zero-order valence-electron chi connectivity index (χ0n) is 15.3. The zero-order valence-corrected chi connectivity index (χ0v) is 15.3. The number of rotatable bonds is 7. The number of hydrogen-bond donors (Lipinski definition) is 0. The third-order valence-corrected chi connectivity index (χ3v) is 4.84. The standard InChI is InChI=1S/C20H23N5O2/c26-20(7-4-11-25-15-21-14-22-25)24-12-10-18-17(13-24)23-19(27-18)9-8-16-5-2-1-3-6-16/h1-3,5-6,14-15H,4,7-13H2. The highest BCUT2D eigenvalue weighted by Crippen LogP contribution is 2.21. The van der Waals surface area contributed by atoms with Crippen LogP contribution in [0.25, 0.3) is 0 Å². The molecule has 27 heavy (non-hydrogen) atoms. The minimum atomic E-state index is 0.162. The van der Waals surface area contributed by atoms with Crippen LogP contribution in [0.15, 0.2) is 47.4 Å². The largest absolute Gasteiger partial charge is 0.445 e. The highest BCUT2D eigenvalue weighted by atomic mass is 16.4. The molecule has 1 aromatic carbocycles. The summed E-state index contributed by atoms with van der Waals surface area (Å²) in [4.78, 5) is 22.9. The number of aromatic nitrogens is 4. The predicted octanol–water partition coefficient (Wildman–Crippen LogP) is 2.42. The molecule has 0 unspecified atom stereocenters. The van der Waals surface area contributed by atoms with Crippen molar-refractivity contribution in [2.75, 3.05) is 6.54 Å². The van der Waals surface area contributed by atoms with E-state index >= 15 is 0 Å². The van der Waals surface area contributed by atoms with Gasteiger partial charge in [0.2, 0.25) is 5.91 Å². The molecule has 1 aliphatic rings. The lowest BCUT2D eigenvalue weighted by Gasteiger charge is -2.25. The number of oxazole rings is 1. The minimum absolute atomic E-state index is 0.162. The smallest absolute Gasteiger partial charge is 0.223 e. The number of fused-ring (bicyclic) bond motifs is 1. The Morgan fingerprint density at radius 3 is 2.89 bits per heavy atom. The molecular formula is C20H23N5O2. The predicted molar refractivity (Wildman–Crippen MR) is 98.7 cm³/mol. The molecule has 0 bridgehead atoms. The number of nitrogens with zero attached hydrogens (tertiary/aromatic N) is 5. The van der Waals surface area contributed by atoms with Crippen LogP contribution in [0.4, 0.5) is 0 Å². The Balaban J connectivity index is 1.28. The topological polar surface area (TPSA) is 77.0 Å². The molecule has 0 spiro atoms. The van der Waals surface area contributed by atoms with Gasteiger partial charge in [0.1, 0.15) is 24.1 Å². The van der Waals surface area contributed by atoms with E-state index in [0.717, 1.165) is 43.0 Å². The van der Waals surface area contributed by atoms with Crippen molar-refractivity contribution in [3.05, 3.63) is 65.9 Å². The van der Waals surface area contributed by atoms with Crippen LogP contribution in [0.5, 0.6) is 0 Å². The van der Waals surface area contributed by atoms with E-state index < -0.39 is 0 Å². The van der Waals surface area contributed by atoms with Crippen molar-refractivity contribution >= 4 is 5.91 Å².